The van der Waals surface area contributed by atoms with Crippen LogP contribution in [-0.4, -0.2) is 32.0 Å². The highest BCUT2D eigenvalue weighted by Gasteiger charge is 2.21. The first-order valence-electron chi connectivity index (χ1n) is 6.99. The van der Waals surface area contributed by atoms with Gasteiger partial charge in [-0.3, -0.25) is 0 Å². The van der Waals surface area contributed by atoms with Crippen molar-refractivity contribution in [3.63, 3.8) is 0 Å². The van der Waals surface area contributed by atoms with Gasteiger partial charge in [-0.25, -0.2) is 0 Å². The largest absolute Gasteiger partial charge is 0.396 e. The summed E-state index contributed by atoms with van der Waals surface area (Å²) in [4.78, 5) is 4.77. The molecule has 0 saturated heterocycles. The Morgan fingerprint density at radius 2 is 1.67 bits per heavy atom. The summed E-state index contributed by atoms with van der Waals surface area (Å²) in [5, 5.41) is 8.72. The number of aliphatic hydroxyl groups is 1. The number of anilines is 2. The maximum absolute atomic E-state index is 8.72. The van der Waals surface area contributed by atoms with Crippen molar-refractivity contribution in [3.05, 3.63) is 24.3 Å². The number of fused-ring (bicyclic) bond motifs is 1. The number of benzene rings is 1. The van der Waals surface area contributed by atoms with Crippen molar-refractivity contribution in [1.82, 2.24) is 0 Å². The third kappa shape index (κ3) is 3.16. The molecule has 0 radical (unpaired) electrons. The highest BCUT2D eigenvalue weighted by atomic mass is 16.2. The van der Waals surface area contributed by atoms with Crippen LogP contribution in [0.4, 0.5) is 11.4 Å². The van der Waals surface area contributed by atoms with Gasteiger partial charge in [-0.05, 0) is 25.0 Å². The monoisotopic (exact) mass is 248 g/mol. The summed E-state index contributed by atoms with van der Waals surface area (Å²) in [6, 6.07) is 8.63. The number of hydrogen-bond donors (Lipinski definition) is 1. The molecule has 3 heteroatoms. The number of unbranched alkanes of at least 4 members (excludes halogenated alkanes) is 4. The van der Waals surface area contributed by atoms with E-state index in [-0.39, 0.29) is 0 Å². The van der Waals surface area contributed by atoms with Crippen molar-refractivity contribution < 1.29 is 5.11 Å². The Hall–Kier alpha value is -1.22. The van der Waals surface area contributed by atoms with E-state index >= 15 is 0 Å². The van der Waals surface area contributed by atoms with Crippen molar-refractivity contribution in [2.45, 2.75) is 32.1 Å². The number of aliphatic hydroxyl groups excluding tert-OH is 1. The quantitative estimate of drug-likeness (QED) is 0.752. The SMILES string of the molecule is CN1CN(CCCCCCCO)c2ccccc21. The van der Waals surface area contributed by atoms with E-state index in [1.807, 2.05) is 0 Å². The fraction of sp³-hybridized carbons (Fsp3) is 0.600. The maximum atomic E-state index is 8.72. The molecule has 18 heavy (non-hydrogen) atoms. The first-order valence-corrected chi connectivity index (χ1v) is 6.99. The lowest BCUT2D eigenvalue weighted by molar-refractivity contribution is 0.282. The summed E-state index contributed by atoms with van der Waals surface area (Å²) in [7, 11) is 2.15. The predicted molar refractivity (Wildman–Crippen MR) is 77.2 cm³/mol. The molecule has 1 aliphatic rings. The van der Waals surface area contributed by atoms with Crippen LogP contribution in [0.2, 0.25) is 0 Å². The van der Waals surface area contributed by atoms with E-state index in [0.717, 1.165) is 26.1 Å². The Balaban J connectivity index is 1.75. The van der Waals surface area contributed by atoms with Crippen LogP contribution >= 0.6 is 0 Å². The molecule has 0 bridgehead atoms. The molecule has 0 amide bonds. The van der Waals surface area contributed by atoms with Gasteiger partial charge in [-0.1, -0.05) is 31.4 Å². The van der Waals surface area contributed by atoms with E-state index in [1.54, 1.807) is 0 Å². The Kier molecular flexibility index (Phi) is 4.88. The third-order valence-corrected chi connectivity index (χ3v) is 3.60. The molecule has 0 spiro atoms. The highest BCUT2D eigenvalue weighted by Crippen LogP contribution is 2.34. The normalized spacial score (nSPS) is 14.1. The molecule has 2 rings (SSSR count). The predicted octanol–water partition coefficient (Wildman–Crippen LogP) is 2.84. The minimum Gasteiger partial charge on any atom is -0.396 e. The van der Waals surface area contributed by atoms with E-state index in [1.165, 1.54) is 30.6 Å². The molecule has 1 aromatic rings. The molecular formula is C15H24N2O. The molecule has 0 unspecified atom stereocenters. The second-order valence-corrected chi connectivity index (χ2v) is 5.08. The minimum atomic E-state index is 0.338. The number of nitrogens with zero attached hydrogens (tertiary/aromatic N) is 2. The summed E-state index contributed by atoms with van der Waals surface area (Å²) >= 11 is 0. The summed E-state index contributed by atoms with van der Waals surface area (Å²) in [5.74, 6) is 0. The van der Waals surface area contributed by atoms with E-state index in [0.29, 0.717) is 6.61 Å². The van der Waals surface area contributed by atoms with Gasteiger partial charge in [0.2, 0.25) is 0 Å². The Bertz CT molecular complexity index is 367. The molecule has 1 N–H and O–H groups in total. The van der Waals surface area contributed by atoms with Crippen LogP contribution in [0.5, 0.6) is 0 Å². The number of hydrogen-bond acceptors (Lipinski definition) is 3. The number of para-hydroxylation sites is 2. The molecule has 100 valence electrons. The van der Waals surface area contributed by atoms with Crippen LogP contribution in [0.3, 0.4) is 0 Å². The fourth-order valence-electron chi connectivity index (χ4n) is 2.60. The first-order chi connectivity index (χ1) is 8.83. The minimum absolute atomic E-state index is 0.338. The molecule has 0 aromatic heterocycles. The van der Waals surface area contributed by atoms with E-state index in [4.69, 9.17) is 5.11 Å². The van der Waals surface area contributed by atoms with Crippen LogP contribution in [0.25, 0.3) is 0 Å². The van der Waals surface area contributed by atoms with Gasteiger partial charge >= 0.3 is 0 Å². The van der Waals surface area contributed by atoms with Crippen LogP contribution in [-0.2, 0) is 0 Å². The zero-order valence-electron chi connectivity index (χ0n) is 11.3. The lowest BCUT2D eigenvalue weighted by Gasteiger charge is -2.19. The van der Waals surface area contributed by atoms with Crippen molar-refractivity contribution in [2.24, 2.45) is 0 Å². The smallest absolute Gasteiger partial charge is 0.0901 e. The van der Waals surface area contributed by atoms with Crippen LogP contribution < -0.4 is 9.80 Å². The zero-order chi connectivity index (χ0) is 12.8. The Morgan fingerprint density at radius 1 is 1.00 bits per heavy atom. The second kappa shape index (κ2) is 6.64. The van der Waals surface area contributed by atoms with Gasteiger partial charge < -0.3 is 14.9 Å². The maximum Gasteiger partial charge on any atom is 0.0901 e. The average Bonchev–Trinajstić information content (AvgIpc) is 2.71. The summed E-state index contributed by atoms with van der Waals surface area (Å²) in [6.07, 6.45) is 5.87. The molecule has 3 nitrogen and oxygen atoms in total. The average molecular weight is 248 g/mol. The molecule has 1 aliphatic heterocycles. The van der Waals surface area contributed by atoms with Crippen molar-refractivity contribution in [3.8, 4) is 0 Å². The molecule has 1 aromatic carbocycles. The molecule has 0 aliphatic carbocycles. The zero-order valence-corrected chi connectivity index (χ0v) is 11.3. The van der Waals surface area contributed by atoms with Gasteiger partial charge in [-0.15, -0.1) is 0 Å². The summed E-state index contributed by atoms with van der Waals surface area (Å²) in [5.41, 5.74) is 2.72. The van der Waals surface area contributed by atoms with Gasteiger partial charge in [0.05, 0.1) is 18.0 Å². The van der Waals surface area contributed by atoms with E-state index in [2.05, 4.69) is 41.1 Å². The summed E-state index contributed by atoms with van der Waals surface area (Å²) < 4.78 is 0. The topological polar surface area (TPSA) is 26.7 Å². The van der Waals surface area contributed by atoms with E-state index in [9.17, 15) is 0 Å². The van der Waals surface area contributed by atoms with Crippen LogP contribution in [0.1, 0.15) is 32.1 Å². The first kappa shape index (κ1) is 13.2. The number of rotatable bonds is 7. The highest BCUT2D eigenvalue weighted by molar-refractivity contribution is 5.75. The van der Waals surface area contributed by atoms with Gasteiger partial charge in [0.1, 0.15) is 0 Å². The Labute approximate surface area is 110 Å². The van der Waals surface area contributed by atoms with Gasteiger partial charge in [0.15, 0.2) is 0 Å². The van der Waals surface area contributed by atoms with Gasteiger partial charge in [0, 0.05) is 20.2 Å². The lowest BCUT2D eigenvalue weighted by atomic mass is 10.1. The lowest BCUT2D eigenvalue weighted by Crippen LogP contribution is -2.28. The van der Waals surface area contributed by atoms with Crippen LogP contribution in [0.15, 0.2) is 24.3 Å². The fourth-order valence-corrected chi connectivity index (χ4v) is 2.60. The van der Waals surface area contributed by atoms with Crippen molar-refractivity contribution in [1.29, 1.82) is 0 Å². The van der Waals surface area contributed by atoms with Gasteiger partial charge in [-0.2, -0.15) is 0 Å². The summed E-state index contributed by atoms with van der Waals surface area (Å²) in [6.45, 7) is 2.49. The molecule has 1 heterocycles. The molecule has 0 atom stereocenters. The molecule has 0 fully saturated rings. The van der Waals surface area contributed by atoms with Crippen molar-refractivity contribution >= 4 is 11.4 Å². The second-order valence-electron chi connectivity index (χ2n) is 5.08. The third-order valence-electron chi connectivity index (χ3n) is 3.60. The van der Waals surface area contributed by atoms with E-state index < -0.39 is 0 Å². The standard InChI is InChI=1S/C15H24N2O/c1-16-13-17(11-7-3-2-4-8-12-18)15-10-6-5-9-14(15)16/h5-6,9-10,18H,2-4,7-8,11-13H2,1H3. The molecule has 0 saturated carbocycles. The molecular weight excluding hydrogens is 224 g/mol. The van der Waals surface area contributed by atoms with Gasteiger partial charge in [0.25, 0.3) is 0 Å². The van der Waals surface area contributed by atoms with Crippen molar-refractivity contribution in [2.75, 3.05) is 36.7 Å². The van der Waals surface area contributed by atoms with Crippen LogP contribution in [0, 0.1) is 0 Å². The Morgan fingerprint density at radius 3 is 2.44 bits per heavy atom.